The third-order valence-electron chi connectivity index (χ3n) is 6.45. The average Bonchev–Trinajstić information content (AvgIpc) is 2.63. The number of allylic oxidation sites excluding steroid dienone is 1. The Morgan fingerprint density at radius 1 is 0.909 bits per heavy atom. The number of benzene rings is 1. The summed E-state index contributed by atoms with van der Waals surface area (Å²) in [4.78, 5) is 2.91. The Morgan fingerprint density at radius 2 is 1.73 bits per heavy atom. The molecule has 0 bridgehead atoms. The molecule has 2 aliphatic carbocycles. The summed E-state index contributed by atoms with van der Waals surface area (Å²) in [7, 11) is 0. The number of piperidine rings is 1. The third-order valence-corrected chi connectivity index (χ3v) is 6.45. The molecular formula is C21H29N. The molecule has 1 nitrogen and oxygen atoms in total. The van der Waals surface area contributed by atoms with Crippen LogP contribution in [0.4, 0.5) is 0 Å². The van der Waals surface area contributed by atoms with Gasteiger partial charge < -0.3 is 0 Å². The predicted molar refractivity (Wildman–Crippen MR) is 93.8 cm³/mol. The lowest BCUT2D eigenvalue weighted by molar-refractivity contribution is -0.0121. The van der Waals surface area contributed by atoms with Gasteiger partial charge in [0.25, 0.3) is 0 Å². The van der Waals surface area contributed by atoms with Crippen molar-refractivity contribution in [3.05, 3.63) is 42.0 Å². The Bertz CT molecular complexity index is 526. The van der Waals surface area contributed by atoms with Gasteiger partial charge in [-0.25, -0.2) is 0 Å². The monoisotopic (exact) mass is 295 g/mol. The normalized spacial score (nSPS) is 33.1. The summed E-state index contributed by atoms with van der Waals surface area (Å²) in [6, 6.07) is 11.1. The lowest BCUT2D eigenvalue weighted by Crippen LogP contribution is -2.57. The van der Waals surface area contributed by atoms with Gasteiger partial charge in [-0.15, -0.1) is 0 Å². The van der Waals surface area contributed by atoms with Gasteiger partial charge >= 0.3 is 0 Å². The molecule has 0 aromatic heterocycles. The lowest BCUT2D eigenvalue weighted by atomic mass is 9.63. The molecule has 1 saturated carbocycles. The molecule has 22 heavy (non-hydrogen) atoms. The van der Waals surface area contributed by atoms with Crippen LogP contribution in [-0.2, 0) is 0 Å². The van der Waals surface area contributed by atoms with E-state index >= 15 is 0 Å². The summed E-state index contributed by atoms with van der Waals surface area (Å²) < 4.78 is 0. The van der Waals surface area contributed by atoms with E-state index in [0.717, 1.165) is 5.92 Å². The minimum Gasteiger partial charge on any atom is -0.297 e. The van der Waals surface area contributed by atoms with Gasteiger partial charge in [0, 0.05) is 5.54 Å². The summed E-state index contributed by atoms with van der Waals surface area (Å²) in [5, 5.41) is 0. The van der Waals surface area contributed by atoms with Crippen LogP contribution in [-0.4, -0.2) is 23.5 Å². The van der Waals surface area contributed by atoms with Crippen molar-refractivity contribution >= 4 is 5.57 Å². The fourth-order valence-electron chi connectivity index (χ4n) is 5.29. The molecule has 118 valence electrons. The molecule has 3 aliphatic rings. The zero-order valence-electron chi connectivity index (χ0n) is 13.8. The fraction of sp³-hybridized carbons (Fsp3) is 0.619. The van der Waals surface area contributed by atoms with Crippen molar-refractivity contribution in [3.8, 4) is 0 Å². The summed E-state index contributed by atoms with van der Waals surface area (Å²) in [6.45, 7) is 2.69. The van der Waals surface area contributed by atoms with Crippen molar-refractivity contribution in [1.29, 1.82) is 0 Å². The van der Waals surface area contributed by atoms with Crippen molar-refractivity contribution in [2.24, 2.45) is 5.92 Å². The second kappa shape index (κ2) is 6.20. The molecule has 1 heterocycles. The molecule has 0 radical (unpaired) electrons. The van der Waals surface area contributed by atoms with Crippen LogP contribution in [0.15, 0.2) is 36.4 Å². The van der Waals surface area contributed by atoms with Gasteiger partial charge in [0.15, 0.2) is 0 Å². The van der Waals surface area contributed by atoms with Crippen LogP contribution >= 0.6 is 0 Å². The Morgan fingerprint density at radius 3 is 2.55 bits per heavy atom. The molecule has 2 unspecified atom stereocenters. The number of nitrogens with zero attached hydrogens (tertiary/aromatic N) is 1. The molecule has 1 aromatic rings. The third kappa shape index (κ3) is 2.54. The molecule has 1 heteroatoms. The highest BCUT2D eigenvalue weighted by molar-refractivity contribution is 5.67. The topological polar surface area (TPSA) is 3.24 Å². The van der Waals surface area contributed by atoms with Crippen LogP contribution in [0.1, 0.15) is 63.4 Å². The van der Waals surface area contributed by atoms with Gasteiger partial charge in [-0.3, -0.25) is 4.90 Å². The minimum absolute atomic E-state index is 0.485. The van der Waals surface area contributed by atoms with E-state index in [1.807, 2.05) is 0 Å². The molecule has 1 aromatic carbocycles. The second-order valence-electron chi connectivity index (χ2n) is 7.60. The number of hydrogen-bond donors (Lipinski definition) is 0. The molecule has 2 fully saturated rings. The second-order valence-corrected chi connectivity index (χ2v) is 7.60. The zero-order valence-corrected chi connectivity index (χ0v) is 13.8. The largest absolute Gasteiger partial charge is 0.297 e. The fourth-order valence-corrected chi connectivity index (χ4v) is 5.29. The number of fused-ring (bicyclic) bond motifs is 1. The molecule has 0 spiro atoms. The average molecular weight is 295 g/mol. The first-order valence-corrected chi connectivity index (χ1v) is 9.38. The molecule has 0 N–H and O–H groups in total. The van der Waals surface area contributed by atoms with Crippen molar-refractivity contribution in [1.82, 2.24) is 4.90 Å². The van der Waals surface area contributed by atoms with Gasteiger partial charge in [-0.1, -0.05) is 55.7 Å². The number of rotatable bonds is 2. The van der Waals surface area contributed by atoms with Gasteiger partial charge in [0.1, 0.15) is 0 Å². The van der Waals surface area contributed by atoms with E-state index in [4.69, 9.17) is 0 Å². The molecule has 2 atom stereocenters. The standard InChI is InChI=1S/C21H29N/c1-3-9-18(10-4-1)19-12-13-20-11-5-6-14-21(20,17-19)22-15-7-2-8-16-22/h1,3-4,9-10,12,20H,2,5-8,11,13-17H2. The highest BCUT2D eigenvalue weighted by atomic mass is 15.2. The maximum Gasteiger partial charge on any atom is 0.0281 e. The summed E-state index contributed by atoms with van der Waals surface area (Å²) in [6.07, 6.45) is 15.2. The zero-order chi connectivity index (χ0) is 14.8. The Hall–Kier alpha value is -1.08. The van der Waals surface area contributed by atoms with Gasteiger partial charge in [0.2, 0.25) is 0 Å². The predicted octanol–water partition coefficient (Wildman–Crippen LogP) is 5.28. The number of hydrogen-bond acceptors (Lipinski definition) is 1. The van der Waals surface area contributed by atoms with Crippen LogP contribution < -0.4 is 0 Å². The number of likely N-dealkylation sites (tertiary alicyclic amines) is 1. The smallest absolute Gasteiger partial charge is 0.0281 e. The summed E-state index contributed by atoms with van der Waals surface area (Å²) in [5.41, 5.74) is 3.56. The summed E-state index contributed by atoms with van der Waals surface area (Å²) in [5.74, 6) is 0.909. The highest BCUT2D eigenvalue weighted by Crippen LogP contribution is 2.50. The Kier molecular flexibility index (Phi) is 4.09. The van der Waals surface area contributed by atoms with Gasteiger partial charge in [0.05, 0.1) is 0 Å². The lowest BCUT2D eigenvalue weighted by Gasteiger charge is -2.55. The molecule has 0 amide bonds. The van der Waals surface area contributed by atoms with Crippen LogP contribution in [0.3, 0.4) is 0 Å². The molecular weight excluding hydrogens is 266 g/mol. The van der Waals surface area contributed by atoms with Crippen molar-refractivity contribution < 1.29 is 0 Å². The van der Waals surface area contributed by atoms with E-state index in [1.165, 1.54) is 76.4 Å². The van der Waals surface area contributed by atoms with Gasteiger partial charge in [-0.2, -0.15) is 0 Å². The van der Waals surface area contributed by atoms with E-state index in [0.29, 0.717) is 5.54 Å². The molecule has 4 rings (SSSR count). The first kappa shape index (κ1) is 14.5. The maximum absolute atomic E-state index is 2.91. The van der Waals surface area contributed by atoms with E-state index in [2.05, 4.69) is 41.3 Å². The van der Waals surface area contributed by atoms with Crippen molar-refractivity contribution in [2.45, 2.75) is 63.3 Å². The Labute approximate surface area is 135 Å². The Balaban J connectivity index is 1.65. The first-order valence-electron chi connectivity index (χ1n) is 9.38. The van der Waals surface area contributed by atoms with Crippen molar-refractivity contribution in [2.75, 3.05) is 13.1 Å². The van der Waals surface area contributed by atoms with Crippen LogP contribution in [0, 0.1) is 5.92 Å². The van der Waals surface area contributed by atoms with E-state index in [9.17, 15) is 0 Å². The molecule has 1 saturated heterocycles. The van der Waals surface area contributed by atoms with Crippen LogP contribution in [0.5, 0.6) is 0 Å². The van der Waals surface area contributed by atoms with E-state index in [1.54, 1.807) is 5.57 Å². The maximum atomic E-state index is 2.91. The minimum atomic E-state index is 0.485. The van der Waals surface area contributed by atoms with E-state index < -0.39 is 0 Å². The van der Waals surface area contributed by atoms with E-state index in [-0.39, 0.29) is 0 Å². The summed E-state index contributed by atoms with van der Waals surface area (Å²) >= 11 is 0. The van der Waals surface area contributed by atoms with Crippen LogP contribution in [0.2, 0.25) is 0 Å². The van der Waals surface area contributed by atoms with Gasteiger partial charge in [-0.05, 0) is 68.7 Å². The first-order chi connectivity index (χ1) is 10.9. The SMILES string of the molecule is C1=C(c2ccccc2)CC2(N3CCCCC3)CCCCC2C1. The van der Waals surface area contributed by atoms with Crippen LogP contribution in [0.25, 0.3) is 5.57 Å². The molecule has 1 aliphatic heterocycles. The highest BCUT2D eigenvalue weighted by Gasteiger charge is 2.46. The quantitative estimate of drug-likeness (QED) is 0.717. The van der Waals surface area contributed by atoms with Crippen molar-refractivity contribution in [3.63, 3.8) is 0 Å².